The Labute approximate surface area is 132 Å². The number of rotatable bonds is 7. The number of allylic oxidation sites excluding steroid dienone is 2. The highest BCUT2D eigenvalue weighted by Gasteiger charge is 2.46. The maximum Gasteiger partial charge on any atom is 0.132 e. The van der Waals surface area contributed by atoms with Crippen molar-refractivity contribution in [1.29, 1.82) is 0 Å². The summed E-state index contributed by atoms with van der Waals surface area (Å²) in [6.07, 6.45) is 6.47. The fourth-order valence-corrected chi connectivity index (χ4v) is 3.99. The lowest BCUT2D eigenvalue weighted by atomic mass is 10.0. The van der Waals surface area contributed by atoms with Crippen LogP contribution in [0.15, 0.2) is 11.6 Å². The number of hydrogen-bond donors (Lipinski definition) is 0. The van der Waals surface area contributed by atoms with Crippen molar-refractivity contribution in [2.45, 2.75) is 97.1 Å². The van der Waals surface area contributed by atoms with E-state index in [1.807, 2.05) is 0 Å². The molecule has 0 amide bonds. The van der Waals surface area contributed by atoms with Crippen LogP contribution in [0.3, 0.4) is 0 Å². The van der Waals surface area contributed by atoms with Crippen molar-refractivity contribution in [3.05, 3.63) is 11.6 Å². The van der Waals surface area contributed by atoms with Crippen LogP contribution < -0.4 is 0 Å². The number of epoxide rings is 1. The van der Waals surface area contributed by atoms with Crippen LogP contribution in [-0.4, -0.2) is 25.2 Å². The van der Waals surface area contributed by atoms with Crippen molar-refractivity contribution >= 4 is 13.5 Å². The summed E-state index contributed by atoms with van der Waals surface area (Å²) in [6, 6.07) is 0. The maximum atomic E-state index is 12.5. The van der Waals surface area contributed by atoms with Crippen LogP contribution in [0, 0.1) is 0 Å². The number of ether oxygens (including phenoxy) is 1. The molecule has 2 nitrogen and oxygen atoms in total. The van der Waals surface area contributed by atoms with E-state index in [1.54, 1.807) is 0 Å². The first-order valence-corrected chi connectivity index (χ1v) is 11.2. The van der Waals surface area contributed by atoms with Crippen LogP contribution in [0.2, 0.25) is 18.1 Å². The van der Waals surface area contributed by atoms with E-state index in [2.05, 4.69) is 60.7 Å². The fourth-order valence-electron chi connectivity index (χ4n) is 2.38. The zero-order valence-corrected chi connectivity index (χ0v) is 16.3. The molecule has 0 radical (unpaired) electrons. The lowest BCUT2D eigenvalue weighted by molar-refractivity contribution is -0.112. The van der Waals surface area contributed by atoms with E-state index in [1.165, 1.54) is 5.57 Å². The van der Waals surface area contributed by atoms with E-state index in [-0.39, 0.29) is 10.6 Å². The standard InChI is InChI=1S/C18H34O2Si/c1-14(12-13-15-18(5,6)20-15)10-9-11-16(19)21(7,8)17(2,3)4/h10,15H,9,11-13H2,1-8H3/b14-10+/t15-/m0/s1. The second kappa shape index (κ2) is 6.37. The molecule has 0 unspecified atom stereocenters. The van der Waals surface area contributed by atoms with Crippen LogP contribution >= 0.6 is 0 Å². The van der Waals surface area contributed by atoms with Crippen LogP contribution in [0.25, 0.3) is 0 Å². The Kier molecular flexibility index (Phi) is 5.65. The van der Waals surface area contributed by atoms with Gasteiger partial charge in [0.15, 0.2) is 0 Å². The van der Waals surface area contributed by atoms with Crippen molar-refractivity contribution in [2.75, 3.05) is 0 Å². The molecule has 1 aliphatic heterocycles. The molecule has 3 heteroatoms. The first kappa shape index (κ1) is 18.6. The minimum absolute atomic E-state index is 0.0958. The molecule has 0 aromatic rings. The first-order valence-electron chi connectivity index (χ1n) is 8.24. The van der Waals surface area contributed by atoms with Crippen molar-refractivity contribution in [2.24, 2.45) is 0 Å². The van der Waals surface area contributed by atoms with E-state index in [4.69, 9.17) is 4.74 Å². The Balaban J connectivity index is 2.35. The van der Waals surface area contributed by atoms with Gasteiger partial charge in [-0.05, 0) is 45.1 Å². The lowest BCUT2D eigenvalue weighted by Gasteiger charge is -2.35. The van der Waals surface area contributed by atoms with Crippen LogP contribution in [0.5, 0.6) is 0 Å². The van der Waals surface area contributed by atoms with Gasteiger partial charge in [0, 0.05) is 6.42 Å². The van der Waals surface area contributed by atoms with Crippen LogP contribution in [0.1, 0.15) is 67.2 Å². The molecule has 1 fully saturated rings. The topological polar surface area (TPSA) is 29.6 Å². The average molecular weight is 311 g/mol. The molecule has 1 heterocycles. The van der Waals surface area contributed by atoms with E-state index in [9.17, 15) is 4.79 Å². The van der Waals surface area contributed by atoms with Gasteiger partial charge in [-0.15, -0.1) is 0 Å². The van der Waals surface area contributed by atoms with Gasteiger partial charge in [0.05, 0.1) is 11.7 Å². The quantitative estimate of drug-likeness (QED) is 0.363. The smallest absolute Gasteiger partial charge is 0.132 e. The van der Waals surface area contributed by atoms with Gasteiger partial charge in [-0.2, -0.15) is 0 Å². The summed E-state index contributed by atoms with van der Waals surface area (Å²) in [7, 11) is -1.81. The molecule has 1 rings (SSSR count). The predicted octanol–water partition coefficient (Wildman–Crippen LogP) is 5.29. The molecule has 0 saturated carbocycles. The van der Waals surface area contributed by atoms with Gasteiger partial charge in [0.1, 0.15) is 13.5 Å². The molecule has 21 heavy (non-hydrogen) atoms. The molecule has 122 valence electrons. The Morgan fingerprint density at radius 3 is 2.19 bits per heavy atom. The van der Waals surface area contributed by atoms with Gasteiger partial charge in [-0.3, -0.25) is 0 Å². The normalized spacial score (nSPS) is 22.3. The molecule has 0 bridgehead atoms. The molecule has 0 aromatic carbocycles. The summed E-state index contributed by atoms with van der Waals surface area (Å²) < 4.78 is 5.60. The minimum Gasteiger partial charge on any atom is -0.367 e. The summed E-state index contributed by atoms with van der Waals surface area (Å²) in [5.41, 5.74) is 1.49. The summed E-state index contributed by atoms with van der Waals surface area (Å²) in [6.45, 7) is 17.5. The van der Waals surface area contributed by atoms with Gasteiger partial charge < -0.3 is 9.53 Å². The highest BCUT2D eigenvalue weighted by molar-refractivity contribution is 7.06. The van der Waals surface area contributed by atoms with Crippen molar-refractivity contribution in [3.63, 3.8) is 0 Å². The monoisotopic (exact) mass is 310 g/mol. The zero-order chi connectivity index (χ0) is 16.5. The Hall–Kier alpha value is -0.413. The molecule has 1 saturated heterocycles. The molecule has 1 aliphatic rings. The third-order valence-corrected chi connectivity index (χ3v) is 10.8. The summed E-state index contributed by atoms with van der Waals surface area (Å²) in [4.78, 5) is 12.5. The van der Waals surface area contributed by atoms with E-state index < -0.39 is 8.07 Å². The van der Waals surface area contributed by atoms with Gasteiger partial charge in [-0.25, -0.2) is 0 Å². The third kappa shape index (κ3) is 5.06. The Morgan fingerprint density at radius 1 is 1.24 bits per heavy atom. The first-order chi connectivity index (χ1) is 9.38. The minimum atomic E-state index is -1.81. The van der Waals surface area contributed by atoms with Gasteiger partial charge in [-0.1, -0.05) is 45.5 Å². The number of carbonyl (C=O) groups excluding carboxylic acids is 1. The summed E-state index contributed by atoms with van der Waals surface area (Å²) in [5, 5.41) is 0.656. The molecular formula is C18H34O2Si. The lowest BCUT2D eigenvalue weighted by Crippen LogP contribution is -2.46. The largest absolute Gasteiger partial charge is 0.367 e. The van der Waals surface area contributed by atoms with E-state index >= 15 is 0 Å². The molecule has 0 spiro atoms. The molecule has 0 aliphatic carbocycles. The van der Waals surface area contributed by atoms with Crippen LogP contribution in [-0.2, 0) is 9.53 Å². The highest BCUT2D eigenvalue weighted by Crippen LogP contribution is 2.39. The average Bonchev–Trinajstić information content (AvgIpc) is 2.92. The maximum absolute atomic E-state index is 12.5. The number of carbonyl (C=O) groups is 1. The van der Waals surface area contributed by atoms with Gasteiger partial charge in [0.2, 0.25) is 0 Å². The molecule has 0 aromatic heterocycles. The third-order valence-electron chi connectivity index (χ3n) is 5.40. The second-order valence-corrected chi connectivity index (χ2v) is 13.9. The molecule has 0 N–H and O–H groups in total. The van der Waals surface area contributed by atoms with Crippen molar-refractivity contribution in [1.82, 2.24) is 0 Å². The zero-order valence-electron chi connectivity index (χ0n) is 15.3. The highest BCUT2D eigenvalue weighted by atomic mass is 28.3. The van der Waals surface area contributed by atoms with Gasteiger partial charge in [0.25, 0.3) is 0 Å². The molecular weight excluding hydrogens is 276 g/mol. The van der Waals surface area contributed by atoms with Crippen molar-refractivity contribution in [3.8, 4) is 0 Å². The van der Waals surface area contributed by atoms with E-state index in [0.717, 1.165) is 19.3 Å². The summed E-state index contributed by atoms with van der Waals surface area (Å²) in [5.74, 6) is 0. The fraction of sp³-hybridized carbons (Fsp3) is 0.833. The van der Waals surface area contributed by atoms with E-state index in [0.29, 0.717) is 17.9 Å². The predicted molar refractivity (Wildman–Crippen MR) is 93.4 cm³/mol. The number of hydrogen-bond acceptors (Lipinski definition) is 2. The second-order valence-electron chi connectivity index (χ2n) is 8.64. The SMILES string of the molecule is C/C(=C\CCC(=O)[Si](C)(C)C(C)(C)C)CC[C@@H]1OC1(C)C. The van der Waals surface area contributed by atoms with Crippen LogP contribution in [0.4, 0.5) is 0 Å². The Bertz CT molecular complexity index is 413. The summed E-state index contributed by atoms with van der Waals surface area (Å²) >= 11 is 0. The Morgan fingerprint density at radius 2 is 1.76 bits per heavy atom. The molecule has 1 atom stereocenters. The van der Waals surface area contributed by atoms with Crippen molar-refractivity contribution < 1.29 is 9.53 Å². The van der Waals surface area contributed by atoms with Gasteiger partial charge >= 0.3 is 0 Å².